The standard InChI is InChI=1S/C19H24N2O3/c1-23-17-7-4-15(5-8-17)13-20-11-10-16-6-9-19(22)21(16)14-18-3-2-12-24-18/h2-5,7-8,12,16,20H,6,9-11,13-14H2,1H3/t16-/m0/s1. The summed E-state index contributed by atoms with van der Waals surface area (Å²) >= 11 is 0. The SMILES string of the molecule is COc1ccc(CNCC[C@@H]2CCC(=O)N2Cc2ccco2)cc1. The van der Waals surface area contributed by atoms with Crippen molar-refractivity contribution in [2.45, 2.75) is 38.4 Å². The minimum Gasteiger partial charge on any atom is -0.497 e. The van der Waals surface area contributed by atoms with Crippen LogP contribution in [-0.2, 0) is 17.9 Å². The van der Waals surface area contributed by atoms with Crippen LogP contribution in [0.15, 0.2) is 47.1 Å². The molecule has 1 saturated heterocycles. The van der Waals surface area contributed by atoms with Crippen molar-refractivity contribution in [3.05, 3.63) is 54.0 Å². The molecule has 5 nitrogen and oxygen atoms in total. The van der Waals surface area contributed by atoms with Gasteiger partial charge in [0, 0.05) is 19.0 Å². The van der Waals surface area contributed by atoms with Crippen molar-refractivity contribution in [3.63, 3.8) is 0 Å². The highest BCUT2D eigenvalue weighted by Gasteiger charge is 2.30. The molecule has 0 saturated carbocycles. The van der Waals surface area contributed by atoms with Crippen molar-refractivity contribution in [2.75, 3.05) is 13.7 Å². The van der Waals surface area contributed by atoms with Gasteiger partial charge in [0.2, 0.25) is 5.91 Å². The molecule has 0 bridgehead atoms. The number of hydrogen-bond donors (Lipinski definition) is 1. The number of carbonyl (C=O) groups is 1. The molecule has 5 heteroatoms. The normalized spacial score (nSPS) is 17.5. The molecule has 0 unspecified atom stereocenters. The first-order valence-corrected chi connectivity index (χ1v) is 8.42. The average Bonchev–Trinajstić information content (AvgIpc) is 3.24. The van der Waals surface area contributed by atoms with Crippen molar-refractivity contribution in [1.82, 2.24) is 10.2 Å². The molecule has 1 atom stereocenters. The maximum Gasteiger partial charge on any atom is 0.223 e. The highest BCUT2D eigenvalue weighted by molar-refractivity contribution is 5.78. The zero-order valence-electron chi connectivity index (χ0n) is 14.0. The molecule has 0 radical (unpaired) electrons. The number of likely N-dealkylation sites (tertiary alicyclic amines) is 1. The van der Waals surface area contributed by atoms with Gasteiger partial charge in [0.1, 0.15) is 11.5 Å². The molecule has 1 aliphatic heterocycles. The maximum absolute atomic E-state index is 12.1. The third kappa shape index (κ3) is 4.17. The van der Waals surface area contributed by atoms with E-state index < -0.39 is 0 Å². The van der Waals surface area contributed by atoms with Crippen molar-refractivity contribution in [2.24, 2.45) is 0 Å². The average molecular weight is 328 g/mol. The van der Waals surface area contributed by atoms with Crippen LogP contribution in [0.4, 0.5) is 0 Å². The fourth-order valence-corrected chi connectivity index (χ4v) is 3.13. The second kappa shape index (κ2) is 8.02. The van der Waals surface area contributed by atoms with E-state index >= 15 is 0 Å². The quantitative estimate of drug-likeness (QED) is 0.757. The Bertz CT molecular complexity index is 637. The van der Waals surface area contributed by atoms with Crippen molar-refractivity contribution in [1.29, 1.82) is 0 Å². The van der Waals surface area contributed by atoms with Gasteiger partial charge in [-0.05, 0) is 49.2 Å². The topological polar surface area (TPSA) is 54.7 Å². The third-order valence-corrected chi connectivity index (χ3v) is 4.50. The molecule has 0 aliphatic carbocycles. The van der Waals surface area contributed by atoms with Crippen LogP contribution in [0.3, 0.4) is 0 Å². The molecule has 0 spiro atoms. The minimum atomic E-state index is 0.228. The Morgan fingerprint density at radius 1 is 1.29 bits per heavy atom. The summed E-state index contributed by atoms with van der Waals surface area (Å²) in [6, 6.07) is 12.1. The molecule has 2 heterocycles. The van der Waals surface area contributed by atoms with Gasteiger partial charge in [0.25, 0.3) is 0 Å². The molecule has 3 rings (SSSR count). The van der Waals surface area contributed by atoms with Gasteiger partial charge in [-0.25, -0.2) is 0 Å². The van der Waals surface area contributed by atoms with Crippen LogP contribution in [0, 0.1) is 0 Å². The van der Waals surface area contributed by atoms with Crippen LogP contribution >= 0.6 is 0 Å². The molecule has 1 amide bonds. The number of nitrogens with one attached hydrogen (secondary N) is 1. The van der Waals surface area contributed by atoms with Crippen LogP contribution in [-0.4, -0.2) is 30.5 Å². The van der Waals surface area contributed by atoms with Crippen molar-refractivity contribution >= 4 is 5.91 Å². The maximum atomic E-state index is 12.1. The second-order valence-corrected chi connectivity index (χ2v) is 6.11. The summed E-state index contributed by atoms with van der Waals surface area (Å²) in [7, 11) is 1.67. The zero-order chi connectivity index (χ0) is 16.8. The number of amides is 1. The highest BCUT2D eigenvalue weighted by atomic mass is 16.5. The molecule has 24 heavy (non-hydrogen) atoms. The van der Waals surface area contributed by atoms with Gasteiger partial charge in [-0.2, -0.15) is 0 Å². The Morgan fingerprint density at radius 2 is 2.12 bits per heavy atom. The molecular weight excluding hydrogens is 304 g/mol. The predicted octanol–water partition coefficient (Wildman–Crippen LogP) is 2.96. The largest absolute Gasteiger partial charge is 0.497 e. The smallest absolute Gasteiger partial charge is 0.223 e. The van der Waals surface area contributed by atoms with E-state index in [-0.39, 0.29) is 5.91 Å². The Labute approximate surface area is 142 Å². The Kier molecular flexibility index (Phi) is 5.54. The summed E-state index contributed by atoms with van der Waals surface area (Å²) in [6.45, 7) is 2.29. The second-order valence-electron chi connectivity index (χ2n) is 6.11. The van der Waals surface area contributed by atoms with E-state index in [1.54, 1.807) is 13.4 Å². The fourth-order valence-electron chi connectivity index (χ4n) is 3.13. The number of methoxy groups -OCH3 is 1. The van der Waals surface area contributed by atoms with E-state index in [4.69, 9.17) is 9.15 Å². The number of hydrogen-bond acceptors (Lipinski definition) is 4. The fraction of sp³-hybridized carbons (Fsp3) is 0.421. The Balaban J connectivity index is 1.44. The Morgan fingerprint density at radius 3 is 2.83 bits per heavy atom. The van der Waals surface area contributed by atoms with E-state index in [0.717, 1.165) is 37.4 Å². The summed E-state index contributed by atoms with van der Waals surface area (Å²) in [6.07, 6.45) is 4.19. The molecule has 1 aromatic carbocycles. The Hall–Kier alpha value is -2.27. The summed E-state index contributed by atoms with van der Waals surface area (Å²) in [5, 5.41) is 3.46. The van der Waals surface area contributed by atoms with Gasteiger partial charge >= 0.3 is 0 Å². The summed E-state index contributed by atoms with van der Waals surface area (Å²) in [5.41, 5.74) is 1.23. The number of furan rings is 1. The van der Waals surface area contributed by atoms with Gasteiger partial charge in [-0.1, -0.05) is 12.1 Å². The molecular formula is C19H24N2O3. The lowest BCUT2D eigenvalue weighted by Crippen LogP contribution is -2.34. The molecule has 1 aromatic heterocycles. The van der Waals surface area contributed by atoms with Gasteiger partial charge in [0.05, 0.1) is 19.9 Å². The zero-order valence-corrected chi connectivity index (χ0v) is 14.0. The lowest BCUT2D eigenvalue weighted by molar-refractivity contribution is -0.129. The molecule has 1 aliphatic rings. The number of carbonyl (C=O) groups excluding carboxylic acids is 1. The number of benzene rings is 1. The summed E-state index contributed by atoms with van der Waals surface area (Å²) < 4.78 is 10.5. The van der Waals surface area contributed by atoms with Crippen molar-refractivity contribution in [3.8, 4) is 5.75 Å². The first-order chi connectivity index (χ1) is 11.8. The molecule has 1 fully saturated rings. The monoisotopic (exact) mass is 328 g/mol. The van der Waals surface area contributed by atoms with Crippen molar-refractivity contribution < 1.29 is 13.9 Å². The third-order valence-electron chi connectivity index (χ3n) is 4.50. The highest BCUT2D eigenvalue weighted by Crippen LogP contribution is 2.23. The number of nitrogens with zero attached hydrogens (tertiary/aromatic N) is 1. The van der Waals surface area contributed by atoms with Gasteiger partial charge in [0.15, 0.2) is 0 Å². The minimum absolute atomic E-state index is 0.228. The van der Waals surface area contributed by atoms with Gasteiger partial charge in [-0.3, -0.25) is 4.79 Å². The first kappa shape index (κ1) is 16.6. The van der Waals surface area contributed by atoms with E-state index in [9.17, 15) is 4.79 Å². The first-order valence-electron chi connectivity index (χ1n) is 8.42. The van der Waals surface area contributed by atoms with E-state index in [2.05, 4.69) is 17.4 Å². The van der Waals surface area contributed by atoms with E-state index in [1.165, 1.54) is 5.56 Å². The lowest BCUT2D eigenvalue weighted by atomic mass is 10.1. The number of rotatable bonds is 8. The predicted molar refractivity (Wildman–Crippen MR) is 91.6 cm³/mol. The van der Waals surface area contributed by atoms with E-state index in [0.29, 0.717) is 19.0 Å². The number of ether oxygens (including phenoxy) is 1. The van der Waals surface area contributed by atoms with Gasteiger partial charge in [-0.15, -0.1) is 0 Å². The van der Waals surface area contributed by atoms with Crippen LogP contribution < -0.4 is 10.1 Å². The molecule has 1 N–H and O–H groups in total. The lowest BCUT2D eigenvalue weighted by Gasteiger charge is -2.24. The molecule has 2 aromatic rings. The van der Waals surface area contributed by atoms with Crippen LogP contribution in [0.2, 0.25) is 0 Å². The van der Waals surface area contributed by atoms with Crippen LogP contribution in [0.1, 0.15) is 30.6 Å². The van der Waals surface area contributed by atoms with E-state index in [1.807, 2.05) is 29.2 Å². The van der Waals surface area contributed by atoms with Crippen LogP contribution in [0.5, 0.6) is 5.75 Å². The van der Waals surface area contributed by atoms with Crippen LogP contribution in [0.25, 0.3) is 0 Å². The molecule has 128 valence electrons. The summed E-state index contributed by atoms with van der Waals surface area (Å²) in [5.74, 6) is 1.95. The summed E-state index contributed by atoms with van der Waals surface area (Å²) in [4.78, 5) is 14.0. The van der Waals surface area contributed by atoms with Gasteiger partial charge < -0.3 is 19.4 Å².